The lowest BCUT2D eigenvalue weighted by atomic mass is 10.1. The van der Waals surface area contributed by atoms with E-state index in [1.54, 1.807) is 0 Å². The maximum atomic E-state index is 13.1. The van der Waals surface area contributed by atoms with Crippen LogP contribution in [0.1, 0.15) is 23.2 Å². The number of aromatic nitrogens is 1. The maximum Gasteiger partial charge on any atom is 0.257 e. The third-order valence-corrected chi connectivity index (χ3v) is 4.62. The van der Waals surface area contributed by atoms with Gasteiger partial charge in [-0.05, 0) is 40.2 Å². The summed E-state index contributed by atoms with van der Waals surface area (Å²) in [5.74, 6) is -0.503. The van der Waals surface area contributed by atoms with Gasteiger partial charge in [-0.25, -0.2) is 9.37 Å². The number of rotatable bonds is 4. The summed E-state index contributed by atoms with van der Waals surface area (Å²) < 4.78 is 24.6. The number of pyridine rings is 1. The Morgan fingerprint density at radius 2 is 2.12 bits per heavy atom. The molecule has 2 aromatic rings. The Balaban J connectivity index is 1.69. The highest BCUT2D eigenvalue weighted by molar-refractivity contribution is 9.10. The number of hydrogen-bond acceptors (Lipinski definition) is 4. The van der Waals surface area contributed by atoms with Gasteiger partial charge in [-0.15, -0.1) is 0 Å². The van der Waals surface area contributed by atoms with Crippen molar-refractivity contribution in [3.05, 3.63) is 51.3 Å². The topological polar surface area (TPSA) is 60.5 Å². The van der Waals surface area contributed by atoms with Crippen molar-refractivity contribution in [3.8, 4) is 5.88 Å². The minimum Gasteiger partial charge on any atom is -0.473 e. The highest BCUT2D eigenvalue weighted by atomic mass is 79.9. The predicted octanol–water partition coefficient (Wildman–Crippen LogP) is 4.45. The maximum absolute atomic E-state index is 13.1. The number of anilines is 1. The van der Waals surface area contributed by atoms with E-state index in [0.29, 0.717) is 29.3 Å². The summed E-state index contributed by atoms with van der Waals surface area (Å²) in [6.45, 7) is 1.30. The largest absolute Gasteiger partial charge is 0.473 e. The normalized spacial score (nSPS) is 15.0. The Kier molecular flexibility index (Phi) is 5.88. The number of nitrogens with one attached hydrogen (secondary N) is 1. The van der Waals surface area contributed by atoms with Gasteiger partial charge in [0.2, 0.25) is 5.88 Å². The van der Waals surface area contributed by atoms with Crippen LogP contribution in [0.4, 0.5) is 10.1 Å². The molecule has 1 saturated heterocycles. The molecule has 1 N–H and O–H groups in total. The Labute approximate surface area is 157 Å². The van der Waals surface area contributed by atoms with E-state index in [0.717, 1.165) is 12.8 Å². The Morgan fingerprint density at radius 3 is 2.80 bits per heavy atom. The van der Waals surface area contributed by atoms with E-state index < -0.39 is 11.7 Å². The first-order chi connectivity index (χ1) is 12.0. The number of benzene rings is 1. The first kappa shape index (κ1) is 18.1. The molecule has 0 atom stereocenters. The average Bonchev–Trinajstić information content (AvgIpc) is 2.60. The molecule has 0 unspecified atom stereocenters. The summed E-state index contributed by atoms with van der Waals surface area (Å²) in [6, 6.07) is 5.49. The fraction of sp³-hybridized carbons (Fsp3) is 0.294. The zero-order chi connectivity index (χ0) is 17.8. The second-order valence-corrected chi connectivity index (χ2v) is 6.78. The number of ether oxygens (including phenoxy) is 2. The van der Waals surface area contributed by atoms with Crippen LogP contribution >= 0.6 is 27.5 Å². The van der Waals surface area contributed by atoms with Crippen LogP contribution in [0.2, 0.25) is 5.02 Å². The molecule has 8 heteroatoms. The highest BCUT2D eigenvalue weighted by Gasteiger charge is 2.18. The van der Waals surface area contributed by atoms with Crippen molar-refractivity contribution in [1.29, 1.82) is 0 Å². The molecule has 0 saturated carbocycles. The Hall–Kier alpha value is -1.70. The smallest absolute Gasteiger partial charge is 0.257 e. The molecule has 25 heavy (non-hydrogen) atoms. The number of carbonyl (C=O) groups is 1. The SMILES string of the molecule is O=C(Nc1ccc(F)cc1Br)c1cnc(OC2CCOCC2)c(Cl)c1. The van der Waals surface area contributed by atoms with Gasteiger partial charge in [0.15, 0.2) is 0 Å². The molecule has 1 aliphatic heterocycles. The van der Waals surface area contributed by atoms with Crippen LogP contribution in [0.15, 0.2) is 34.9 Å². The van der Waals surface area contributed by atoms with Gasteiger partial charge >= 0.3 is 0 Å². The van der Waals surface area contributed by atoms with Crippen LogP contribution in [0.5, 0.6) is 5.88 Å². The summed E-state index contributed by atoms with van der Waals surface area (Å²) >= 11 is 9.39. The third kappa shape index (κ3) is 4.68. The molecule has 0 radical (unpaired) electrons. The van der Waals surface area contributed by atoms with Gasteiger partial charge in [0.1, 0.15) is 16.9 Å². The zero-order valence-corrected chi connectivity index (χ0v) is 15.4. The second-order valence-electron chi connectivity index (χ2n) is 5.52. The van der Waals surface area contributed by atoms with E-state index in [2.05, 4.69) is 26.2 Å². The Morgan fingerprint density at radius 1 is 1.36 bits per heavy atom. The lowest BCUT2D eigenvalue weighted by Crippen LogP contribution is -2.26. The summed E-state index contributed by atoms with van der Waals surface area (Å²) in [7, 11) is 0. The number of nitrogens with zero attached hydrogens (tertiary/aromatic N) is 1. The van der Waals surface area contributed by atoms with Crippen molar-refractivity contribution >= 4 is 39.1 Å². The van der Waals surface area contributed by atoms with Gasteiger partial charge in [0.05, 0.1) is 24.5 Å². The van der Waals surface area contributed by atoms with Crippen LogP contribution in [0.25, 0.3) is 0 Å². The molecular weight excluding hydrogens is 415 g/mol. The molecule has 0 aliphatic carbocycles. The molecule has 1 amide bonds. The highest BCUT2D eigenvalue weighted by Crippen LogP contribution is 2.27. The molecule has 1 aromatic carbocycles. The molecule has 0 spiro atoms. The van der Waals surface area contributed by atoms with E-state index in [-0.39, 0.29) is 16.7 Å². The molecule has 5 nitrogen and oxygen atoms in total. The van der Waals surface area contributed by atoms with Crippen LogP contribution in [0, 0.1) is 5.82 Å². The van der Waals surface area contributed by atoms with E-state index in [1.165, 1.54) is 30.5 Å². The van der Waals surface area contributed by atoms with Crippen LogP contribution in [-0.4, -0.2) is 30.2 Å². The monoisotopic (exact) mass is 428 g/mol. The van der Waals surface area contributed by atoms with Crippen molar-refractivity contribution in [2.24, 2.45) is 0 Å². The molecule has 3 rings (SSSR count). The van der Waals surface area contributed by atoms with E-state index in [1.807, 2.05) is 0 Å². The van der Waals surface area contributed by atoms with Crippen molar-refractivity contribution in [2.75, 3.05) is 18.5 Å². The van der Waals surface area contributed by atoms with Gasteiger partial charge in [-0.2, -0.15) is 0 Å². The lowest BCUT2D eigenvalue weighted by Gasteiger charge is -2.23. The minimum absolute atomic E-state index is 0.00796. The van der Waals surface area contributed by atoms with Crippen molar-refractivity contribution < 1.29 is 18.7 Å². The fourth-order valence-corrected chi connectivity index (χ4v) is 3.03. The summed E-state index contributed by atoms with van der Waals surface area (Å²) in [4.78, 5) is 16.5. The number of carbonyl (C=O) groups excluding carboxylic acids is 1. The van der Waals surface area contributed by atoms with Crippen molar-refractivity contribution in [2.45, 2.75) is 18.9 Å². The first-order valence-corrected chi connectivity index (χ1v) is 8.86. The molecule has 1 fully saturated rings. The summed E-state index contributed by atoms with van der Waals surface area (Å²) in [5, 5.41) is 2.93. The standard InChI is InChI=1S/C17H15BrClFN2O3/c18-13-8-11(20)1-2-15(13)22-16(23)10-7-14(19)17(21-9-10)25-12-3-5-24-6-4-12/h1-2,7-9,12H,3-6H2,(H,22,23). The number of amides is 1. The minimum atomic E-state index is -0.403. The van der Waals surface area contributed by atoms with Crippen molar-refractivity contribution in [1.82, 2.24) is 4.98 Å². The van der Waals surface area contributed by atoms with Gasteiger partial charge in [0, 0.05) is 23.5 Å². The average molecular weight is 430 g/mol. The van der Waals surface area contributed by atoms with E-state index in [4.69, 9.17) is 21.1 Å². The predicted molar refractivity (Wildman–Crippen MR) is 95.8 cm³/mol. The molecule has 2 heterocycles. The molecule has 1 aromatic heterocycles. The lowest BCUT2D eigenvalue weighted by molar-refractivity contribution is 0.0238. The first-order valence-electron chi connectivity index (χ1n) is 7.69. The molecule has 0 bridgehead atoms. The van der Waals surface area contributed by atoms with E-state index >= 15 is 0 Å². The van der Waals surface area contributed by atoms with Crippen LogP contribution < -0.4 is 10.1 Å². The second kappa shape index (κ2) is 8.12. The van der Waals surface area contributed by atoms with Gasteiger partial charge in [-0.3, -0.25) is 4.79 Å². The van der Waals surface area contributed by atoms with Gasteiger partial charge in [-0.1, -0.05) is 11.6 Å². The summed E-state index contributed by atoms with van der Waals surface area (Å²) in [5.41, 5.74) is 0.727. The van der Waals surface area contributed by atoms with Crippen LogP contribution in [-0.2, 0) is 4.74 Å². The van der Waals surface area contributed by atoms with Crippen LogP contribution in [0.3, 0.4) is 0 Å². The number of halogens is 3. The van der Waals surface area contributed by atoms with Crippen molar-refractivity contribution in [3.63, 3.8) is 0 Å². The third-order valence-electron chi connectivity index (χ3n) is 3.70. The van der Waals surface area contributed by atoms with E-state index in [9.17, 15) is 9.18 Å². The number of hydrogen-bond donors (Lipinski definition) is 1. The molecule has 132 valence electrons. The Bertz CT molecular complexity index is 784. The van der Waals surface area contributed by atoms with Gasteiger partial charge < -0.3 is 14.8 Å². The molecular formula is C17H15BrClFN2O3. The summed E-state index contributed by atoms with van der Waals surface area (Å²) in [6.07, 6.45) is 2.96. The molecule has 1 aliphatic rings. The van der Waals surface area contributed by atoms with Gasteiger partial charge in [0.25, 0.3) is 5.91 Å². The fourth-order valence-electron chi connectivity index (χ4n) is 2.37. The quantitative estimate of drug-likeness (QED) is 0.780. The zero-order valence-electron chi connectivity index (χ0n) is 13.1.